The number of hydrogen-bond donors (Lipinski definition) is 2. The number of hydrogen-bond acceptors (Lipinski definition) is 5. The molecule has 1 aliphatic heterocycles. The van der Waals surface area contributed by atoms with Crippen LogP contribution in [0.2, 0.25) is 0 Å². The third-order valence-electron chi connectivity index (χ3n) is 4.53. The molecular formula is C19H19F2N5O2. The minimum Gasteiger partial charge on any atom is -0.378 e. The number of H-pyrrole nitrogens is 1. The predicted octanol–water partition coefficient (Wildman–Crippen LogP) is 2.66. The highest BCUT2D eigenvalue weighted by atomic mass is 19.3. The molecule has 0 atom stereocenters. The van der Waals surface area contributed by atoms with E-state index in [2.05, 4.69) is 25.2 Å². The number of morpholine rings is 1. The Kier molecular flexibility index (Phi) is 5.16. The summed E-state index contributed by atoms with van der Waals surface area (Å²) >= 11 is 0. The molecule has 0 radical (unpaired) electrons. The van der Waals surface area contributed by atoms with Gasteiger partial charge in [-0.25, -0.2) is 18.7 Å². The van der Waals surface area contributed by atoms with Crippen LogP contribution in [0.1, 0.15) is 28.3 Å². The summed E-state index contributed by atoms with van der Waals surface area (Å²) in [6.45, 7) is 3.18. The van der Waals surface area contributed by atoms with Crippen LogP contribution < -0.4 is 10.2 Å². The Hall–Kier alpha value is -3.07. The van der Waals surface area contributed by atoms with Gasteiger partial charge in [0.25, 0.3) is 12.3 Å². The summed E-state index contributed by atoms with van der Waals surface area (Å²) in [5.41, 5.74) is 1.89. The molecule has 1 fully saturated rings. The molecule has 9 heteroatoms. The highest BCUT2D eigenvalue weighted by Crippen LogP contribution is 2.20. The highest BCUT2D eigenvalue weighted by molar-refractivity contribution is 5.97. The van der Waals surface area contributed by atoms with Crippen LogP contribution in [-0.2, 0) is 11.3 Å². The summed E-state index contributed by atoms with van der Waals surface area (Å²) in [4.78, 5) is 25.5. The molecule has 3 aromatic rings. The fourth-order valence-corrected chi connectivity index (χ4v) is 3.08. The summed E-state index contributed by atoms with van der Waals surface area (Å²) in [6.07, 6.45) is -2.69. The topological polar surface area (TPSA) is 83.1 Å². The van der Waals surface area contributed by atoms with Crippen molar-refractivity contribution in [3.8, 4) is 0 Å². The maximum absolute atomic E-state index is 12.7. The lowest BCUT2D eigenvalue weighted by Crippen LogP contribution is -2.37. The van der Waals surface area contributed by atoms with Crippen LogP contribution in [-0.4, -0.2) is 47.2 Å². The second-order valence-corrected chi connectivity index (χ2v) is 6.42. The fraction of sp³-hybridized carbons (Fsp3) is 0.316. The van der Waals surface area contributed by atoms with Gasteiger partial charge in [-0.2, -0.15) is 0 Å². The number of alkyl halides is 2. The van der Waals surface area contributed by atoms with E-state index in [1.165, 1.54) is 6.07 Å². The molecule has 0 unspecified atom stereocenters. The number of rotatable bonds is 5. The Morgan fingerprint density at radius 2 is 2.04 bits per heavy atom. The molecule has 0 bridgehead atoms. The van der Waals surface area contributed by atoms with Crippen LogP contribution in [0.25, 0.3) is 11.0 Å². The lowest BCUT2D eigenvalue weighted by molar-refractivity contribution is 0.0950. The smallest absolute Gasteiger partial charge is 0.295 e. The number of halogens is 2. The molecule has 7 nitrogen and oxygen atoms in total. The van der Waals surface area contributed by atoms with Crippen LogP contribution >= 0.6 is 0 Å². The SMILES string of the molecule is O=C(NCc1cccc(N2CCOCC2)n1)c1ccc2nc(C(F)F)[nH]c2c1. The van der Waals surface area contributed by atoms with Gasteiger partial charge in [0.05, 0.1) is 36.5 Å². The highest BCUT2D eigenvalue weighted by Gasteiger charge is 2.15. The monoisotopic (exact) mass is 387 g/mol. The number of anilines is 1. The van der Waals surface area contributed by atoms with Gasteiger partial charge in [-0.15, -0.1) is 0 Å². The first-order valence-corrected chi connectivity index (χ1v) is 8.95. The van der Waals surface area contributed by atoms with Crippen molar-refractivity contribution in [1.82, 2.24) is 20.3 Å². The van der Waals surface area contributed by atoms with Gasteiger partial charge < -0.3 is 19.9 Å². The zero-order valence-electron chi connectivity index (χ0n) is 15.0. The Balaban J connectivity index is 1.43. The molecule has 1 amide bonds. The molecule has 28 heavy (non-hydrogen) atoms. The van der Waals surface area contributed by atoms with Gasteiger partial charge in [0.1, 0.15) is 5.82 Å². The van der Waals surface area contributed by atoms with E-state index in [9.17, 15) is 13.6 Å². The number of aromatic amines is 1. The molecule has 0 aliphatic carbocycles. The maximum Gasteiger partial charge on any atom is 0.295 e. The molecule has 2 aromatic heterocycles. The van der Waals surface area contributed by atoms with Crippen molar-refractivity contribution in [3.05, 3.63) is 53.5 Å². The first-order chi connectivity index (χ1) is 13.6. The zero-order chi connectivity index (χ0) is 19.5. The third kappa shape index (κ3) is 3.94. The normalized spacial score (nSPS) is 14.6. The van der Waals surface area contributed by atoms with Gasteiger partial charge in [0.2, 0.25) is 0 Å². The lowest BCUT2D eigenvalue weighted by Gasteiger charge is -2.28. The van der Waals surface area contributed by atoms with Gasteiger partial charge in [-0.1, -0.05) is 6.07 Å². The van der Waals surface area contributed by atoms with Crippen molar-refractivity contribution in [2.24, 2.45) is 0 Å². The number of aromatic nitrogens is 3. The molecule has 1 aliphatic rings. The van der Waals surface area contributed by atoms with Crippen molar-refractivity contribution in [2.45, 2.75) is 13.0 Å². The largest absolute Gasteiger partial charge is 0.378 e. The second kappa shape index (κ2) is 7.89. The number of nitrogens with zero attached hydrogens (tertiary/aromatic N) is 3. The van der Waals surface area contributed by atoms with E-state index in [0.29, 0.717) is 29.8 Å². The first kappa shape index (κ1) is 18.3. The molecule has 1 saturated heterocycles. The molecule has 0 spiro atoms. The second-order valence-electron chi connectivity index (χ2n) is 6.42. The number of ether oxygens (including phenoxy) is 1. The third-order valence-corrected chi connectivity index (χ3v) is 4.53. The van der Waals surface area contributed by atoms with Crippen LogP contribution in [0, 0.1) is 0 Å². The average Bonchev–Trinajstić information content (AvgIpc) is 3.17. The van der Waals surface area contributed by atoms with Gasteiger partial charge in [-0.05, 0) is 30.3 Å². The Labute approximate surface area is 159 Å². The minimum atomic E-state index is -2.69. The van der Waals surface area contributed by atoms with Gasteiger partial charge in [0.15, 0.2) is 5.82 Å². The molecule has 0 saturated carbocycles. The number of imidazole rings is 1. The average molecular weight is 387 g/mol. The lowest BCUT2D eigenvalue weighted by atomic mass is 10.2. The van der Waals surface area contributed by atoms with E-state index in [1.54, 1.807) is 12.1 Å². The number of pyridine rings is 1. The summed E-state index contributed by atoms with van der Waals surface area (Å²) in [6, 6.07) is 10.3. The van der Waals surface area contributed by atoms with E-state index in [0.717, 1.165) is 24.6 Å². The zero-order valence-corrected chi connectivity index (χ0v) is 15.0. The molecule has 1 aromatic carbocycles. The summed E-state index contributed by atoms with van der Waals surface area (Å²) < 4.78 is 30.8. The number of benzene rings is 1. The fourth-order valence-electron chi connectivity index (χ4n) is 3.08. The van der Waals surface area contributed by atoms with Gasteiger partial charge in [-0.3, -0.25) is 4.79 Å². The maximum atomic E-state index is 12.7. The van der Waals surface area contributed by atoms with Crippen molar-refractivity contribution < 1.29 is 18.3 Å². The van der Waals surface area contributed by atoms with E-state index in [4.69, 9.17) is 4.74 Å². The van der Waals surface area contributed by atoms with E-state index in [-0.39, 0.29) is 12.5 Å². The van der Waals surface area contributed by atoms with E-state index >= 15 is 0 Å². The predicted molar refractivity (Wildman–Crippen MR) is 99.5 cm³/mol. The van der Waals surface area contributed by atoms with E-state index < -0.39 is 12.2 Å². The molecule has 4 rings (SSSR count). The van der Waals surface area contributed by atoms with Crippen molar-refractivity contribution in [1.29, 1.82) is 0 Å². The van der Waals surface area contributed by atoms with Crippen LogP contribution in [0.15, 0.2) is 36.4 Å². The summed E-state index contributed by atoms with van der Waals surface area (Å²) in [5.74, 6) is 0.138. The minimum absolute atomic E-state index is 0.264. The number of amides is 1. The summed E-state index contributed by atoms with van der Waals surface area (Å²) in [5, 5.41) is 2.81. The molecule has 2 N–H and O–H groups in total. The molecule has 3 heterocycles. The molecule has 146 valence electrons. The number of carbonyl (C=O) groups excluding carboxylic acids is 1. The van der Waals surface area contributed by atoms with E-state index in [1.807, 2.05) is 18.2 Å². The first-order valence-electron chi connectivity index (χ1n) is 8.95. The van der Waals surface area contributed by atoms with Crippen molar-refractivity contribution >= 4 is 22.8 Å². The summed E-state index contributed by atoms with van der Waals surface area (Å²) in [7, 11) is 0. The van der Waals surface area contributed by atoms with Crippen LogP contribution in [0.3, 0.4) is 0 Å². The number of fused-ring (bicyclic) bond motifs is 1. The Morgan fingerprint density at radius 3 is 2.82 bits per heavy atom. The number of carbonyl (C=O) groups is 1. The van der Waals surface area contributed by atoms with Crippen LogP contribution in [0.4, 0.5) is 14.6 Å². The van der Waals surface area contributed by atoms with Crippen molar-refractivity contribution in [3.63, 3.8) is 0 Å². The Morgan fingerprint density at radius 1 is 1.21 bits per heavy atom. The van der Waals surface area contributed by atoms with Gasteiger partial charge >= 0.3 is 0 Å². The standard InChI is InChI=1S/C19H19F2N5O2/c20-17(21)18-24-14-5-4-12(10-15(14)25-18)19(27)22-11-13-2-1-3-16(23-13)26-6-8-28-9-7-26/h1-5,10,17H,6-9,11H2,(H,22,27)(H,24,25). The Bertz CT molecular complexity index is 985. The van der Waals surface area contributed by atoms with Crippen LogP contribution in [0.5, 0.6) is 0 Å². The van der Waals surface area contributed by atoms with Crippen molar-refractivity contribution in [2.75, 3.05) is 31.2 Å². The quantitative estimate of drug-likeness (QED) is 0.703. The number of nitrogens with one attached hydrogen (secondary N) is 2. The molecular weight excluding hydrogens is 368 g/mol. The van der Waals surface area contributed by atoms with Gasteiger partial charge in [0, 0.05) is 18.7 Å².